The molecule has 0 saturated carbocycles. The van der Waals surface area contributed by atoms with Crippen LogP contribution in [0.4, 0.5) is 0 Å². The van der Waals surface area contributed by atoms with Crippen LogP contribution >= 0.6 is 0 Å². The zero-order chi connectivity index (χ0) is 14.5. The summed E-state index contributed by atoms with van der Waals surface area (Å²) in [7, 11) is 0. The minimum absolute atomic E-state index is 0.0833. The van der Waals surface area contributed by atoms with Crippen LogP contribution in [-0.4, -0.2) is 17.6 Å². The van der Waals surface area contributed by atoms with Gasteiger partial charge < -0.3 is 20.1 Å². The largest absolute Gasteiger partial charge is 0.489 e. The Morgan fingerprint density at radius 1 is 1.40 bits per heavy atom. The second-order valence-electron chi connectivity index (χ2n) is 5.13. The van der Waals surface area contributed by atoms with E-state index in [9.17, 15) is 0 Å². The lowest BCUT2D eigenvalue weighted by Crippen LogP contribution is -2.14. The van der Waals surface area contributed by atoms with Gasteiger partial charge in [-0.3, -0.25) is 0 Å². The Morgan fingerprint density at radius 2 is 2.15 bits per heavy atom. The molecule has 5 heteroatoms. The van der Waals surface area contributed by atoms with Gasteiger partial charge in [-0.1, -0.05) is 31.1 Å². The van der Waals surface area contributed by atoms with Crippen molar-refractivity contribution in [2.24, 2.45) is 16.8 Å². The Kier molecular flexibility index (Phi) is 4.50. The maximum Gasteiger partial charge on any atom is 0.215 e. The number of ether oxygens (including phenoxy) is 1. The first-order valence-corrected chi connectivity index (χ1v) is 6.75. The van der Waals surface area contributed by atoms with Gasteiger partial charge >= 0.3 is 0 Å². The highest BCUT2D eigenvalue weighted by Crippen LogP contribution is 2.33. The molecule has 1 aromatic carbocycles. The van der Waals surface area contributed by atoms with Crippen LogP contribution in [0.2, 0.25) is 0 Å². The van der Waals surface area contributed by atoms with Crippen molar-refractivity contribution in [3.63, 3.8) is 0 Å². The molecule has 0 radical (unpaired) electrons. The fourth-order valence-electron chi connectivity index (χ4n) is 2.04. The van der Waals surface area contributed by atoms with Crippen LogP contribution in [0, 0.1) is 5.92 Å². The smallest absolute Gasteiger partial charge is 0.215 e. The fraction of sp³-hybridized carbons (Fsp3) is 0.400. The normalized spacial score (nSPS) is 12.2. The van der Waals surface area contributed by atoms with E-state index < -0.39 is 0 Å². The van der Waals surface area contributed by atoms with Gasteiger partial charge in [0.2, 0.25) is 11.6 Å². The minimum Gasteiger partial charge on any atom is -0.489 e. The van der Waals surface area contributed by atoms with Gasteiger partial charge in [-0.25, -0.2) is 0 Å². The molecule has 20 heavy (non-hydrogen) atoms. The van der Waals surface area contributed by atoms with Crippen molar-refractivity contribution >= 4 is 16.8 Å². The Balaban J connectivity index is 2.24. The van der Waals surface area contributed by atoms with Crippen molar-refractivity contribution in [1.82, 2.24) is 0 Å². The zero-order valence-corrected chi connectivity index (χ0v) is 11.8. The number of amidine groups is 1. The van der Waals surface area contributed by atoms with Gasteiger partial charge in [-0.2, -0.15) is 0 Å². The number of hydrogen-bond acceptors (Lipinski definition) is 4. The summed E-state index contributed by atoms with van der Waals surface area (Å²) in [6.07, 6.45) is 2.04. The highest BCUT2D eigenvalue weighted by molar-refractivity contribution is 6.03. The van der Waals surface area contributed by atoms with Gasteiger partial charge in [0.25, 0.3) is 0 Å². The number of para-hydroxylation sites is 1. The zero-order valence-electron chi connectivity index (χ0n) is 11.8. The van der Waals surface area contributed by atoms with Crippen molar-refractivity contribution < 1.29 is 14.4 Å². The number of fused-ring (bicyclic) bond motifs is 1. The summed E-state index contributed by atoms with van der Waals surface area (Å²) in [5.74, 6) is 1.38. The maximum absolute atomic E-state index is 8.83. The van der Waals surface area contributed by atoms with E-state index in [4.69, 9.17) is 20.1 Å². The molecule has 0 amide bonds. The standard InChI is InChI=1S/C15H20N2O3/c1-10(2)6-5-9-19-13-11-7-3-4-8-12(11)20-14(13)15(16)17-18/h3-4,7-8,10,18H,5-6,9H2,1-2H3,(H2,16,17). The van der Waals surface area contributed by atoms with Crippen molar-refractivity contribution in [1.29, 1.82) is 0 Å². The first kappa shape index (κ1) is 14.2. The van der Waals surface area contributed by atoms with Crippen molar-refractivity contribution in [2.75, 3.05) is 6.61 Å². The van der Waals surface area contributed by atoms with E-state index in [0.717, 1.165) is 18.2 Å². The molecule has 3 N–H and O–H groups in total. The van der Waals surface area contributed by atoms with Crippen LogP contribution in [0.1, 0.15) is 32.4 Å². The Labute approximate surface area is 118 Å². The lowest BCUT2D eigenvalue weighted by Gasteiger charge is -2.07. The topological polar surface area (TPSA) is 81.0 Å². The second-order valence-corrected chi connectivity index (χ2v) is 5.13. The molecular formula is C15H20N2O3. The highest BCUT2D eigenvalue weighted by Gasteiger charge is 2.18. The van der Waals surface area contributed by atoms with Gasteiger partial charge in [0.1, 0.15) is 5.58 Å². The summed E-state index contributed by atoms with van der Waals surface area (Å²) in [6, 6.07) is 7.48. The Bertz CT molecular complexity index is 602. The van der Waals surface area contributed by atoms with Gasteiger partial charge in [-0.05, 0) is 30.9 Å². The van der Waals surface area contributed by atoms with Crippen LogP contribution in [0.3, 0.4) is 0 Å². The third-order valence-corrected chi connectivity index (χ3v) is 3.06. The number of nitrogens with two attached hydrogens (primary N) is 1. The number of benzene rings is 1. The Hall–Kier alpha value is -2.17. The van der Waals surface area contributed by atoms with Gasteiger partial charge in [-0.15, -0.1) is 0 Å². The number of hydrogen-bond donors (Lipinski definition) is 2. The second kappa shape index (κ2) is 6.32. The molecule has 0 atom stereocenters. The first-order chi connectivity index (χ1) is 9.63. The predicted molar refractivity (Wildman–Crippen MR) is 78.3 cm³/mol. The van der Waals surface area contributed by atoms with Crippen LogP contribution in [0.25, 0.3) is 11.0 Å². The van der Waals surface area contributed by atoms with E-state index >= 15 is 0 Å². The minimum atomic E-state index is -0.0833. The molecule has 1 aromatic heterocycles. The number of oxime groups is 1. The Morgan fingerprint density at radius 3 is 2.85 bits per heavy atom. The molecule has 0 bridgehead atoms. The molecule has 2 rings (SSSR count). The van der Waals surface area contributed by atoms with E-state index in [-0.39, 0.29) is 11.6 Å². The molecule has 0 aliphatic heterocycles. The molecule has 1 heterocycles. The SMILES string of the molecule is CC(C)CCCOc1c(/C(N)=N/O)oc2ccccc12. The van der Waals surface area contributed by atoms with E-state index in [2.05, 4.69) is 19.0 Å². The molecule has 2 aromatic rings. The summed E-state index contributed by atoms with van der Waals surface area (Å²) < 4.78 is 11.4. The molecule has 0 spiro atoms. The van der Waals surface area contributed by atoms with Gasteiger partial charge in [0.05, 0.1) is 12.0 Å². The van der Waals surface area contributed by atoms with E-state index in [1.165, 1.54) is 0 Å². The average Bonchev–Trinajstić information content (AvgIpc) is 2.81. The van der Waals surface area contributed by atoms with Crippen LogP contribution in [0.15, 0.2) is 33.8 Å². The summed E-state index contributed by atoms with van der Waals surface area (Å²) in [5.41, 5.74) is 6.30. The molecule has 108 valence electrons. The van der Waals surface area contributed by atoms with Crippen molar-refractivity contribution in [3.8, 4) is 5.75 Å². The van der Waals surface area contributed by atoms with Gasteiger partial charge in [0, 0.05) is 0 Å². The molecule has 0 aliphatic carbocycles. The fourth-order valence-corrected chi connectivity index (χ4v) is 2.04. The first-order valence-electron chi connectivity index (χ1n) is 6.75. The summed E-state index contributed by atoms with van der Waals surface area (Å²) in [5, 5.41) is 12.7. The van der Waals surface area contributed by atoms with E-state index in [1.54, 1.807) is 0 Å². The molecule has 0 saturated heterocycles. The van der Waals surface area contributed by atoms with Crippen molar-refractivity contribution in [3.05, 3.63) is 30.0 Å². The molecule has 5 nitrogen and oxygen atoms in total. The number of furan rings is 1. The van der Waals surface area contributed by atoms with Crippen molar-refractivity contribution in [2.45, 2.75) is 26.7 Å². The maximum atomic E-state index is 8.83. The lowest BCUT2D eigenvalue weighted by molar-refractivity contribution is 0.294. The molecular weight excluding hydrogens is 256 g/mol. The van der Waals surface area contributed by atoms with E-state index in [0.29, 0.717) is 23.9 Å². The number of rotatable bonds is 6. The van der Waals surface area contributed by atoms with Gasteiger partial charge in [0.15, 0.2) is 5.75 Å². The predicted octanol–water partition coefficient (Wildman–Crippen LogP) is 3.34. The molecule has 0 fully saturated rings. The van der Waals surface area contributed by atoms with Crippen LogP contribution in [-0.2, 0) is 0 Å². The number of nitrogens with zero attached hydrogens (tertiary/aromatic N) is 1. The average molecular weight is 276 g/mol. The lowest BCUT2D eigenvalue weighted by atomic mass is 10.1. The summed E-state index contributed by atoms with van der Waals surface area (Å²) >= 11 is 0. The van der Waals surface area contributed by atoms with E-state index in [1.807, 2.05) is 24.3 Å². The quantitative estimate of drug-likeness (QED) is 0.279. The van der Waals surface area contributed by atoms with Crippen LogP contribution < -0.4 is 10.5 Å². The monoisotopic (exact) mass is 276 g/mol. The molecule has 0 unspecified atom stereocenters. The third kappa shape index (κ3) is 3.04. The highest BCUT2D eigenvalue weighted by atomic mass is 16.5. The summed E-state index contributed by atoms with van der Waals surface area (Å²) in [4.78, 5) is 0. The third-order valence-electron chi connectivity index (χ3n) is 3.06. The molecule has 0 aliphatic rings. The van der Waals surface area contributed by atoms with Crippen LogP contribution in [0.5, 0.6) is 5.75 Å². The summed E-state index contributed by atoms with van der Waals surface area (Å²) in [6.45, 7) is 4.93.